The van der Waals surface area contributed by atoms with E-state index in [4.69, 9.17) is 0 Å². The van der Waals surface area contributed by atoms with Gasteiger partial charge in [-0.15, -0.1) is 0 Å². The zero-order valence-electron chi connectivity index (χ0n) is 8.97. The maximum Gasteiger partial charge on any atom is 0.434 e. The number of carbonyl (C=O) groups is 1. The lowest BCUT2D eigenvalue weighted by atomic mass is 10.1. The van der Waals surface area contributed by atoms with Crippen LogP contribution in [0.15, 0.2) is 6.20 Å². The Hall–Kier alpha value is -1.53. The van der Waals surface area contributed by atoms with Gasteiger partial charge < -0.3 is 5.32 Å². The number of hydrogen-bond donors (Lipinski definition) is 2. The summed E-state index contributed by atoms with van der Waals surface area (Å²) in [5.74, 6) is -0.527. The van der Waals surface area contributed by atoms with Crippen LogP contribution in [0.25, 0.3) is 0 Å². The SMILES string of the molecule is O=C(Nc1cn[nH]c1C(F)(F)F)C1CCCC1. The van der Waals surface area contributed by atoms with Gasteiger partial charge >= 0.3 is 6.18 Å². The molecule has 1 heterocycles. The molecule has 0 radical (unpaired) electrons. The number of anilines is 1. The average Bonchev–Trinajstić information content (AvgIpc) is 2.85. The zero-order chi connectivity index (χ0) is 12.5. The van der Waals surface area contributed by atoms with E-state index in [0.717, 1.165) is 31.9 Å². The molecule has 0 saturated heterocycles. The Kier molecular flexibility index (Phi) is 3.08. The largest absolute Gasteiger partial charge is 0.434 e. The van der Waals surface area contributed by atoms with Crippen LogP contribution in [0.1, 0.15) is 31.4 Å². The molecule has 4 nitrogen and oxygen atoms in total. The lowest BCUT2D eigenvalue weighted by Crippen LogP contribution is -2.22. The number of rotatable bonds is 2. The molecular weight excluding hydrogens is 235 g/mol. The highest BCUT2D eigenvalue weighted by atomic mass is 19.4. The van der Waals surface area contributed by atoms with Crippen LogP contribution in [-0.4, -0.2) is 16.1 Å². The quantitative estimate of drug-likeness (QED) is 0.843. The zero-order valence-corrected chi connectivity index (χ0v) is 8.97. The molecule has 1 fully saturated rings. The van der Waals surface area contributed by atoms with Crippen molar-refractivity contribution in [1.82, 2.24) is 10.2 Å². The first kappa shape index (κ1) is 11.9. The summed E-state index contributed by atoms with van der Waals surface area (Å²) in [6.45, 7) is 0. The Labute approximate surface area is 95.6 Å². The fourth-order valence-corrected chi connectivity index (χ4v) is 2.02. The summed E-state index contributed by atoms with van der Waals surface area (Å²) < 4.78 is 37.5. The van der Waals surface area contributed by atoms with Gasteiger partial charge in [-0.1, -0.05) is 12.8 Å². The van der Waals surface area contributed by atoms with Crippen LogP contribution in [0.2, 0.25) is 0 Å². The third-order valence-corrected chi connectivity index (χ3v) is 2.91. The number of amides is 1. The molecule has 0 atom stereocenters. The minimum Gasteiger partial charge on any atom is -0.323 e. The van der Waals surface area contributed by atoms with E-state index < -0.39 is 11.9 Å². The fraction of sp³-hybridized carbons (Fsp3) is 0.600. The van der Waals surface area contributed by atoms with Crippen molar-refractivity contribution in [1.29, 1.82) is 0 Å². The summed E-state index contributed by atoms with van der Waals surface area (Å²) in [7, 11) is 0. The minimum atomic E-state index is -4.53. The number of nitrogens with zero attached hydrogens (tertiary/aromatic N) is 1. The molecule has 17 heavy (non-hydrogen) atoms. The Morgan fingerprint density at radius 2 is 2.06 bits per heavy atom. The van der Waals surface area contributed by atoms with E-state index in [1.807, 2.05) is 5.10 Å². The van der Waals surface area contributed by atoms with Crippen molar-refractivity contribution >= 4 is 11.6 Å². The molecule has 0 bridgehead atoms. The van der Waals surface area contributed by atoms with E-state index in [2.05, 4.69) is 10.4 Å². The van der Waals surface area contributed by atoms with Gasteiger partial charge in [-0.05, 0) is 12.8 Å². The van der Waals surface area contributed by atoms with E-state index in [1.165, 1.54) is 0 Å². The fourth-order valence-electron chi connectivity index (χ4n) is 2.02. The van der Waals surface area contributed by atoms with Gasteiger partial charge in [-0.3, -0.25) is 9.89 Å². The molecule has 0 unspecified atom stereocenters. The highest BCUT2D eigenvalue weighted by molar-refractivity contribution is 5.93. The molecule has 1 aromatic rings. The molecule has 0 spiro atoms. The average molecular weight is 247 g/mol. The second kappa shape index (κ2) is 4.38. The number of aromatic amines is 1. The van der Waals surface area contributed by atoms with Crippen LogP contribution in [0.4, 0.5) is 18.9 Å². The summed E-state index contributed by atoms with van der Waals surface area (Å²) in [6.07, 6.45) is -0.161. The Morgan fingerprint density at radius 3 is 2.65 bits per heavy atom. The minimum absolute atomic E-state index is 0.175. The predicted molar refractivity (Wildman–Crippen MR) is 54.2 cm³/mol. The topological polar surface area (TPSA) is 57.8 Å². The summed E-state index contributed by atoms with van der Waals surface area (Å²) in [4.78, 5) is 11.7. The smallest absolute Gasteiger partial charge is 0.323 e. The van der Waals surface area contributed by atoms with Crippen LogP contribution < -0.4 is 5.32 Å². The van der Waals surface area contributed by atoms with Crippen LogP contribution in [0.5, 0.6) is 0 Å². The molecule has 1 aliphatic carbocycles. The van der Waals surface area contributed by atoms with Crippen molar-refractivity contribution < 1.29 is 18.0 Å². The number of hydrogen-bond acceptors (Lipinski definition) is 2. The van der Waals surface area contributed by atoms with Crippen molar-refractivity contribution in [2.24, 2.45) is 5.92 Å². The molecular formula is C10H12F3N3O. The lowest BCUT2D eigenvalue weighted by molar-refractivity contribution is -0.140. The molecule has 2 N–H and O–H groups in total. The van der Waals surface area contributed by atoms with Crippen LogP contribution in [0, 0.1) is 5.92 Å². The van der Waals surface area contributed by atoms with Crippen molar-refractivity contribution in [2.75, 3.05) is 5.32 Å². The van der Waals surface area contributed by atoms with Crippen molar-refractivity contribution in [3.63, 3.8) is 0 Å². The molecule has 7 heteroatoms. The van der Waals surface area contributed by atoms with Gasteiger partial charge in [0.25, 0.3) is 0 Å². The number of H-pyrrole nitrogens is 1. The standard InChI is InChI=1S/C10H12F3N3O/c11-10(12,13)8-7(5-14-16-8)15-9(17)6-3-1-2-4-6/h5-6H,1-4H2,(H,14,16)(H,15,17). The Balaban J connectivity index is 2.08. The second-order valence-electron chi connectivity index (χ2n) is 4.13. The summed E-state index contributed by atoms with van der Waals surface area (Å²) in [5, 5.41) is 7.45. The third kappa shape index (κ3) is 2.59. The van der Waals surface area contributed by atoms with Gasteiger partial charge in [0.15, 0.2) is 5.69 Å². The van der Waals surface area contributed by atoms with Gasteiger partial charge in [-0.25, -0.2) is 0 Å². The third-order valence-electron chi connectivity index (χ3n) is 2.91. The van der Waals surface area contributed by atoms with Crippen LogP contribution >= 0.6 is 0 Å². The first-order valence-electron chi connectivity index (χ1n) is 5.40. The monoisotopic (exact) mass is 247 g/mol. The van der Waals surface area contributed by atoms with Crippen molar-refractivity contribution in [3.8, 4) is 0 Å². The molecule has 1 aromatic heterocycles. The van der Waals surface area contributed by atoms with E-state index in [1.54, 1.807) is 0 Å². The van der Waals surface area contributed by atoms with E-state index >= 15 is 0 Å². The van der Waals surface area contributed by atoms with Crippen LogP contribution in [0.3, 0.4) is 0 Å². The number of alkyl halides is 3. The van der Waals surface area contributed by atoms with Gasteiger partial charge in [-0.2, -0.15) is 18.3 Å². The molecule has 1 saturated carbocycles. The van der Waals surface area contributed by atoms with E-state index in [-0.39, 0.29) is 17.5 Å². The Morgan fingerprint density at radius 1 is 1.41 bits per heavy atom. The predicted octanol–water partition coefficient (Wildman–Crippen LogP) is 2.56. The molecule has 1 aliphatic rings. The number of aromatic nitrogens is 2. The molecule has 2 rings (SSSR count). The molecule has 1 amide bonds. The first-order valence-corrected chi connectivity index (χ1v) is 5.40. The van der Waals surface area contributed by atoms with E-state index in [0.29, 0.717) is 0 Å². The first-order chi connectivity index (χ1) is 7.98. The maximum atomic E-state index is 12.5. The normalized spacial score (nSPS) is 17.4. The summed E-state index contributed by atoms with van der Waals surface area (Å²) in [6, 6.07) is 0. The maximum absolute atomic E-state index is 12.5. The summed E-state index contributed by atoms with van der Waals surface area (Å²) >= 11 is 0. The number of carbonyl (C=O) groups excluding carboxylic acids is 1. The number of halogens is 3. The number of nitrogens with one attached hydrogen (secondary N) is 2. The van der Waals surface area contributed by atoms with Gasteiger partial charge in [0.2, 0.25) is 5.91 Å². The van der Waals surface area contributed by atoms with Crippen LogP contribution in [-0.2, 0) is 11.0 Å². The molecule has 94 valence electrons. The summed E-state index contributed by atoms with van der Waals surface area (Å²) in [5.41, 5.74) is -1.31. The highest BCUT2D eigenvalue weighted by Crippen LogP contribution is 2.33. The highest BCUT2D eigenvalue weighted by Gasteiger charge is 2.36. The lowest BCUT2D eigenvalue weighted by Gasteiger charge is -2.11. The van der Waals surface area contributed by atoms with Gasteiger partial charge in [0.05, 0.1) is 11.9 Å². The van der Waals surface area contributed by atoms with Gasteiger partial charge in [0.1, 0.15) is 0 Å². The second-order valence-corrected chi connectivity index (χ2v) is 4.13. The van der Waals surface area contributed by atoms with Gasteiger partial charge in [0, 0.05) is 5.92 Å². The Bertz CT molecular complexity index is 407. The molecule has 0 aliphatic heterocycles. The molecule has 0 aromatic carbocycles. The van der Waals surface area contributed by atoms with Crippen molar-refractivity contribution in [3.05, 3.63) is 11.9 Å². The van der Waals surface area contributed by atoms with E-state index in [9.17, 15) is 18.0 Å². The van der Waals surface area contributed by atoms with Crippen molar-refractivity contribution in [2.45, 2.75) is 31.9 Å².